The number of carbonyl (C=O) groups excluding carboxylic acids is 1. The summed E-state index contributed by atoms with van der Waals surface area (Å²) in [6, 6.07) is 19.9. The Morgan fingerprint density at radius 3 is 1.89 bits per heavy atom. The summed E-state index contributed by atoms with van der Waals surface area (Å²) >= 11 is -2.42. The Bertz CT molecular complexity index is 838. The molecule has 0 spiro atoms. The molecule has 0 unspecified atom stereocenters. The van der Waals surface area contributed by atoms with Crippen molar-refractivity contribution in [3.8, 4) is 0 Å². The molecule has 35 heavy (non-hydrogen) atoms. The molecule has 1 heterocycles. The second-order valence-electron chi connectivity index (χ2n) is 10.7. The first kappa shape index (κ1) is 28.2. The summed E-state index contributed by atoms with van der Waals surface area (Å²) in [5, 5.41) is 3.33. The molecule has 3 rings (SSSR count). The van der Waals surface area contributed by atoms with Gasteiger partial charge in [0.1, 0.15) is 0 Å². The van der Waals surface area contributed by atoms with Gasteiger partial charge in [0, 0.05) is 0 Å². The zero-order valence-corrected chi connectivity index (χ0v) is 25.4. The molecule has 1 aliphatic rings. The third-order valence-corrected chi connectivity index (χ3v) is 23.6. The van der Waals surface area contributed by atoms with Crippen LogP contribution in [0, 0.1) is 0 Å². The van der Waals surface area contributed by atoms with Crippen LogP contribution in [0.1, 0.15) is 88.1 Å². The molecule has 0 saturated carbocycles. The van der Waals surface area contributed by atoms with E-state index in [1.54, 1.807) is 3.58 Å². The van der Waals surface area contributed by atoms with Crippen LogP contribution in [-0.2, 0) is 6.54 Å². The Balaban J connectivity index is 1.58. The zero-order chi connectivity index (χ0) is 24.9. The fourth-order valence-corrected chi connectivity index (χ4v) is 21.6. The number of piperidine rings is 1. The van der Waals surface area contributed by atoms with Gasteiger partial charge in [-0.05, 0) is 0 Å². The van der Waals surface area contributed by atoms with Crippen molar-refractivity contribution in [3.63, 3.8) is 0 Å². The van der Waals surface area contributed by atoms with Crippen molar-refractivity contribution in [2.75, 3.05) is 13.1 Å². The summed E-state index contributed by atoms with van der Waals surface area (Å²) in [5.74, 6) is 0.106. The molecule has 1 amide bonds. The van der Waals surface area contributed by atoms with Crippen molar-refractivity contribution in [1.29, 1.82) is 0 Å². The molecule has 192 valence electrons. The van der Waals surface area contributed by atoms with Gasteiger partial charge in [-0.15, -0.1) is 0 Å². The van der Waals surface area contributed by atoms with E-state index >= 15 is 0 Å². The third-order valence-electron chi connectivity index (χ3n) is 7.96. The van der Waals surface area contributed by atoms with Gasteiger partial charge in [0.15, 0.2) is 0 Å². The predicted octanol–water partition coefficient (Wildman–Crippen LogP) is 7.14. The van der Waals surface area contributed by atoms with Gasteiger partial charge in [-0.25, -0.2) is 0 Å². The predicted molar refractivity (Wildman–Crippen MR) is 153 cm³/mol. The third kappa shape index (κ3) is 8.63. The molecule has 4 heteroatoms. The number of unbranched alkanes of at least 4 members (excludes halogenated alkanes) is 3. The van der Waals surface area contributed by atoms with Gasteiger partial charge >= 0.3 is 189 Å². The summed E-state index contributed by atoms with van der Waals surface area (Å²) < 4.78 is 6.06. The van der Waals surface area contributed by atoms with E-state index in [1.807, 2.05) is 0 Å². The molecule has 1 fully saturated rings. The standard InChI is InChI=1S/C19H21N2O.3C4H9.Sn/c22-19(17-9-5-2-6-10-17)20-18-11-13-21(14-12-18)15-16-7-3-1-4-8-16;3*1-3-4-2;/h1,3-10,18H,11-15H2,(H,20,22);3*1,3-4H2,2H3;. The average Bonchev–Trinajstić information content (AvgIpc) is 2.90. The van der Waals surface area contributed by atoms with Gasteiger partial charge in [-0.3, -0.25) is 0 Å². The van der Waals surface area contributed by atoms with Gasteiger partial charge < -0.3 is 0 Å². The molecular weight excluding hydrogens is 535 g/mol. The van der Waals surface area contributed by atoms with Crippen molar-refractivity contribution in [2.24, 2.45) is 0 Å². The quantitative estimate of drug-likeness (QED) is 0.240. The van der Waals surface area contributed by atoms with E-state index in [-0.39, 0.29) is 11.9 Å². The summed E-state index contributed by atoms with van der Waals surface area (Å²) in [7, 11) is 0. The van der Waals surface area contributed by atoms with E-state index in [9.17, 15) is 4.79 Å². The van der Waals surface area contributed by atoms with Crippen molar-refractivity contribution in [3.05, 3.63) is 65.7 Å². The number of hydrogen-bond acceptors (Lipinski definition) is 2. The normalized spacial score (nSPS) is 15.3. The molecule has 3 nitrogen and oxygen atoms in total. The molecule has 0 bridgehead atoms. The van der Waals surface area contributed by atoms with Crippen molar-refractivity contribution < 1.29 is 4.79 Å². The van der Waals surface area contributed by atoms with E-state index < -0.39 is 18.4 Å². The second-order valence-corrected chi connectivity index (χ2v) is 23.9. The summed E-state index contributed by atoms with van der Waals surface area (Å²) in [6.45, 7) is 10.1. The molecule has 0 atom stereocenters. The summed E-state index contributed by atoms with van der Waals surface area (Å²) in [4.78, 5) is 15.6. The first-order chi connectivity index (χ1) is 17.1. The number of hydrogen-bond donors (Lipinski definition) is 1. The number of nitrogens with zero attached hydrogens (tertiary/aromatic N) is 1. The van der Waals surface area contributed by atoms with Gasteiger partial charge in [0.05, 0.1) is 0 Å². The first-order valence-corrected chi connectivity index (χ1v) is 21.8. The molecule has 2 aromatic rings. The molecule has 1 aliphatic heterocycles. The van der Waals surface area contributed by atoms with Crippen LogP contribution in [0.5, 0.6) is 0 Å². The van der Waals surface area contributed by atoms with E-state index in [0.29, 0.717) is 0 Å². The molecular formula is C31H48N2OSn. The number of likely N-dealkylation sites (tertiary alicyclic amines) is 1. The molecule has 0 aliphatic carbocycles. The van der Waals surface area contributed by atoms with Crippen LogP contribution < -0.4 is 8.90 Å². The maximum atomic E-state index is 13.1. The minimum atomic E-state index is -2.42. The molecule has 1 saturated heterocycles. The Morgan fingerprint density at radius 1 is 0.829 bits per heavy atom. The van der Waals surface area contributed by atoms with Crippen LogP contribution in [0.4, 0.5) is 0 Å². The van der Waals surface area contributed by atoms with Crippen LogP contribution in [0.15, 0.2) is 54.6 Å². The maximum absolute atomic E-state index is 13.1. The Morgan fingerprint density at radius 2 is 1.37 bits per heavy atom. The van der Waals surface area contributed by atoms with Crippen LogP contribution in [-0.4, -0.2) is 48.3 Å². The average molecular weight is 583 g/mol. The topological polar surface area (TPSA) is 32.3 Å². The Labute approximate surface area is 219 Å². The monoisotopic (exact) mass is 584 g/mol. The second kappa shape index (κ2) is 15.0. The van der Waals surface area contributed by atoms with Crippen LogP contribution in [0.3, 0.4) is 0 Å². The van der Waals surface area contributed by atoms with Gasteiger partial charge in [0.25, 0.3) is 0 Å². The number of amides is 1. The van der Waals surface area contributed by atoms with Crippen LogP contribution >= 0.6 is 0 Å². The van der Waals surface area contributed by atoms with Crippen LogP contribution in [0.25, 0.3) is 0 Å². The summed E-state index contributed by atoms with van der Waals surface area (Å²) in [6.07, 6.45) is 10.0. The fourth-order valence-electron chi connectivity index (χ4n) is 5.67. The van der Waals surface area contributed by atoms with E-state index in [1.165, 1.54) is 57.4 Å². The number of rotatable bonds is 14. The van der Waals surface area contributed by atoms with Crippen LogP contribution in [0.2, 0.25) is 13.3 Å². The molecule has 0 radical (unpaired) electrons. The minimum absolute atomic E-state index is 0.106. The fraction of sp³-hybridized carbons (Fsp3) is 0.581. The Kier molecular flexibility index (Phi) is 12.1. The number of benzene rings is 2. The summed E-state index contributed by atoms with van der Waals surface area (Å²) in [5.41, 5.74) is 2.20. The molecule has 2 aromatic carbocycles. The van der Waals surface area contributed by atoms with Gasteiger partial charge in [0.2, 0.25) is 0 Å². The van der Waals surface area contributed by atoms with Gasteiger partial charge in [-0.2, -0.15) is 0 Å². The number of nitrogens with one attached hydrogen (secondary N) is 1. The van der Waals surface area contributed by atoms with Crippen molar-refractivity contribution >= 4 is 27.9 Å². The number of carbonyl (C=O) groups is 1. The molecule has 0 aromatic heterocycles. The zero-order valence-electron chi connectivity index (χ0n) is 22.5. The van der Waals surface area contributed by atoms with E-state index in [0.717, 1.165) is 38.0 Å². The SMILES string of the molecule is CCC[CH2][Sn]([CH2]CCC)([CH2]CCC)[c]1ccc(C(=O)NC2CCN(Cc3ccccc3)CC2)cc1. The van der Waals surface area contributed by atoms with E-state index in [4.69, 9.17) is 0 Å². The Hall–Kier alpha value is -1.33. The first-order valence-electron chi connectivity index (χ1n) is 14.3. The van der Waals surface area contributed by atoms with Gasteiger partial charge in [-0.1, -0.05) is 30.3 Å². The van der Waals surface area contributed by atoms with E-state index in [2.05, 4.69) is 85.6 Å². The molecule has 1 N–H and O–H groups in total. The van der Waals surface area contributed by atoms with Crippen molar-refractivity contribution in [1.82, 2.24) is 10.2 Å². The van der Waals surface area contributed by atoms with Crippen molar-refractivity contribution in [2.45, 2.75) is 98.0 Å².